The van der Waals surface area contributed by atoms with Crippen LogP contribution < -0.4 is 0 Å². The summed E-state index contributed by atoms with van der Waals surface area (Å²) in [6, 6.07) is 0. The first-order chi connectivity index (χ1) is 4.83. The Morgan fingerprint density at radius 2 is 2.00 bits per heavy atom. The highest BCUT2D eigenvalue weighted by atomic mass is 35.6. The second-order valence-electron chi connectivity index (χ2n) is 1.97. The van der Waals surface area contributed by atoms with Crippen LogP contribution in [0.3, 0.4) is 0 Å². The summed E-state index contributed by atoms with van der Waals surface area (Å²) >= 11 is 15.9. The molecule has 0 bridgehead atoms. The average Bonchev–Trinajstić information content (AvgIpc) is 1.80. The lowest BCUT2D eigenvalue weighted by atomic mass is 10.4. The molecule has 0 aromatic carbocycles. The Bertz CT molecular complexity index is 171. The van der Waals surface area contributed by atoms with Crippen molar-refractivity contribution in [2.75, 3.05) is 6.61 Å². The van der Waals surface area contributed by atoms with Gasteiger partial charge >= 0.3 is 5.97 Å². The summed E-state index contributed by atoms with van der Waals surface area (Å²) in [7, 11) is 0. The maximum absolute atomic E-state index is 10.7. The van der Waals surface area contributed by atoms with Crippen LogP contribution in [0.4, 0.5) is 0 Å². The number of rotatable bonds is 2. The molecular formula is C6H7Cl3O2. The smallest absolute Gasteiger partial charge is 0.333 e. The molecule has 0 atom stereocenters. The molecule has 2 nitrogen and oxygen atoms in total. The second kappa shape index (κ2) is 4.19. The highest BCUT2D eigenvalue weighted by molar-refractivity contribution is 6.67. The number of alkyl halides is 3. The van der Waals surface area contributed by atoms with Crippen LogP contribution in [0.25, 0.3) is 0 Å². The molecule has 11 heavy (non-hydrogen) atoms. The minimum atomic E-state index is -1.55. The van der Waals surface area contributed by atoms with Gasteiger partial charge in [0.25, 0.3) is 0 Å². The molecule has 5 heteroatoms. The van der Waals surface area contributed by atoms with Crippen molar-refractivity contribution < 1.29 is 9.53 Å². The number of ether oxygens (including phenoxy) is 1. The first-order valence-electron chi connectivity index (χ1n) is 2.72. The largest absolute Gasteiger partial charge is 0.458 e. The van der Waals surface area contributed by atoms with Crippen LogP contribution in [0.2, 0.25) is 0 Å². The van der Waals surface area contributed by atoms with E-state index in [4.69, 9.17) is 34.8 Å². The van der Waals surface area contributed by atoms with Crippen molar-refractivity contribution in [1.82, 2.24) is 0 Å². The van der Waals surface area contributed by atoms with Gasteiger partial charge in [-0.1, -0.05) is 41.4 Å². The molecule has 0 aliphatic heterocycles. The van der Waals surface area contributed by atoms with Crippen molar-refractivity contribution in [2.45, 2.75) is 10.7 Å². The van der Waals surface area contributed by atoms with E-state index in [2.05, 4.69) is 11.3 Å². The zero-order valence-corrected chi connectivity index (χ0v) is 8.13. The molecule has 0 unspecified atom stereocenters. The monoisotopic (exact) mass is 216 g/mol. The summed E-state index contributed by atoms with van der Waals surface area (Å²) in [6.07, 6.45) is 0. The third-order valence-corrected chi connectivity index (χ3v) is 1.04. The molecular weight excluding hydrogens is 210 g/mol. The van der Waals surface area contributed by atoms with E-state index in [0.717, 1.165) is 0 Å². The van der Waals surface area contributed by atoms with Crippen molar-refractivity contribution in [3.63, 3.8) is 0 Å². The molecule has 64 valence electrons. The van der Waals surface area contributed by atoms with Gasteiger partial charge in [0, 0.05) is 5.57 Å². The normalized spacial score (nSPS) is 10.9. The number of carbonyl (C=O) groups is 1. The molecule has 0 saturated heterocycles. The van der Waals surface area contributed by atoms with Crippen LogP contribution >= 0.6 is 34.8 Å². The lowest BCUT2D eigenvalue weighted by Gasteiger charge is -2.10. The molecule has 0 fully saturated rings. The Balaban J connectivity index is 3.73. The predicted octanol–water partition coefficient (Wildman–Crippen LogP) is 2.48. The maximum Gasteiger partial charge on any atom is 0.333 e. The van der Waals surface area contributed by atoms with Gasteiger partial charge in [-0.25, -0.2) is 4.79 Å². The lowest BCUT2D eigenvalue weighted by Crippen LogP contribution is -2.17. The molecule has 0 radical (unpaired) electrons. The van der Waals surface area contributed by atoms with Gasteiger partial charge in [-0.3, -0.25) is 0 Å². The Morgan fingerprint density at radius 1 is 1.55 bits per heavy atom. The molecule has 0 spiro atoms. The van der Waals surface area contributed by atoms with Crippen LogP contribution in [-0.2, 0) is 9.53 Å². The minimum Gasteiger partial charge on any atom is -0.458 e. The quantitative estimate of drug-likeness (QED) is 0.403. The predicted molar refractivity (Wildman–Crippen MR) is 46.1 cm³/mol. The Hall–Kier alpha value is 0.0800. The van der Waals surface area contributed by atoms with Gasteiger partial charge < -0.3 is 4.74 Å². The molecule has 0 aromatic heterocycles. The molecule has 0 amide bonds. The van der Waals surface area contributed by atoms with E-state index in [-0.39, 0.29) is 12.2 Å². The SMILES string of the molecule is C=C(C)C(=O)OCC(Cl)(Cl)Cl. The van der Waals surface area contributed by atoms with Crippen molar-refractivity contribution in [2.24, 2.45) is 0 Å². The van der Waals surface area contributed by atoms with Crippen molar-refractivity contribution >= 4 is 40.8 Å². The molecule has 0 aromatic rings. The number of esters is 1. The van der Waals surface area contributed by atoms with Gasteiger partial charge in [0.05, 0.1) is 0 Å². The Morgan fingerprint density at radius 3 is 2.27 bits per heavy atom. The number of halogens is 3. The van der Waals surface area contributed by atoms with Gasteiger partial charge in [0.1, 0.15) is 6.61 Å². The van der Waals surface area contributed by atoms with Crippen LogP contribution in [0.5, 0.6) is 0 Å². The fraction of sp³-hybridized carbons (Fsp3) is 0.500. The molecule has 0 aliphatic rings. The van der Waals surface area contributed by atoms with Gasteiger partial charge in [-0.2, -0.15) is 0 Å². The molecule has 0 N–H and O–H groups in total. The van der Waals surface area contributed by atoms with Crippen LogP contribution in [0.1, 0.15) is 6.92 Å². The van der Waals surface area contributed by atoms with Gasteiger partial charge in [0.2, 0.25) is 3.79 Å². The van der Waals surface area contributed by atoms with Crippen molar-refractivity contribution in [3.05, 3.63) is 12.2 Å². The molecule has 0 rings (SSSR count). The van der Waals surface area contributed by atoms with E-state index in [9.17, 15) is 4.79 Å². The Kier molecular flexibility index (Phi) is 4.22. The highest BCUT2D eigenvalue weighted by Crippen LogP contribution is 2.26. The average molecular weight is 217 g/mol. The fourth-order valence-corrected chi connectivity index (χ4v) is 0.434. The first-order valence-corrected chi connectivity index (χ1v) is 3.85. The van der Waals surface area contributed by atoms with E-state index < -0.39 is 9.76 Å². The lowest BCUT2D eigenvalue weighted by molar-refractivity contribution is -0.138. The highest BCUT2D eigenvalue weighted by Gasteiger charge is 2.21. The fourth-order valence-electron chi connectivity index (χ4n) is 0.271. The second-order valence-corrected chi connectivity index (χ2v) is 4.49. The number of hydrogen-bond acceptors (Lipinski definition) is 2. The molecule has 0 saturated carbocycles. The third-order valence-electron chi connectivity index (χ3n) is 0.715. The molecule has 0 heterocycles. The van der Waals surface area contributed by atoms with E-state index in [1.165, 1.54) is 6.92 Å². The van der Waals surface area contributed by atoms with Crippen LogP contribution in [0, 0.1) is 0 Å². The summed E-state index contributed by atoms with van der Waals surface area (Å²) in [4.78, 5) is 10.7. The summed E-state index contributed by atoms with van der Waals surface area (Å²) in [5.41, 5.74) is 0.277. The zero-order valence-electron chi connectivity index (χ0n) is 5.86. The van der Waals surface area contributed by atoms with Crippen LogP contribution in [0.15, 0.2) is 12.2 Å². The van der Waals surface area contributed by atoms with Gasteiger partial charge in [-0.05, 0) is 6.92 Å². The third kappa shape index (κ3) is 6.48. The van der Waals surface area contributed by atoms with E-state index in [0.29, 0.717) is 0 Å². The van der Waals surface area contributed by atoms with Crippen molar-refractivity contribution in [1.29, 1.82) is 0 Å². The summed E-state index contributed by atoms with van der Waals surface area (Å²) < 4.78 is 2.98. The number of carbonyl (C=O) groups excluding carboxylic acids is 1. The van der Waals surface area contributed by atoms with Crippen molar-refractivity contribution in [3.8, 4) is 0 Å². The zero-order chi connectivity index (χ0) is 9.07. The van der Waals surface area contributed by atoms with Crippen LogP contribution in [-0.4, -0.2) is 16.4 Å². The van der Waals surface area contributed by atoms with E-state index >= 15 is 0 Å². The summed E-state index contributed by atoms with van der Waals surface area (Å²) in [6.45, 7) is 4.61. The minimum absolute atomic E-state index is 0.261. The summed E-state index contributed by atoms with van der Waals surface area (Å²) in [5.74, 6) is -0.559. The molecule has 0 aliphatic carbocycles. The van der Waals surface area contributed by atoms with E-state index in [1.54, 1.807) is 0 Å². The maximum atomic E-state index is 10.7. The number of hydrogen-bond donors (Lipinski definition) is 0. The topological polar surface area (TPSA) is 26.3 Å². The summed E-state index contributed by atoms with van der Waals surface area (Å²) in [5, 5.41) is 0. The van der Waals surface area contributed by atoms with E-state index in [1.807, 2.05) is 0 Å². The Labute approximate surface area is 80.1 Å². The van der Waals surface area contributed by atoms with Gasteiger partial charge in [0.15, 0.2) is 0 Å². The first kappa shape index (κ1) is 11.1. The standard InChI is InChI=1S/C6H7Cl3O2/c1-4(2)5(10)11-3-6(7,8)9/h1,3H2,2H3. The van der Waals surface area contributed by atoms with Gasteiger partial charge in [-0.15, -0.1) is 0 Å².